The standard InChI is InChI=1S/C48H30O/c1-2-14-33(15-3-1)45-39-18-6-8-20-41(39)46(42-21-9-7-19-40(42)45)34-29-27-32(28-30-34)36-22-11-25-43-47(36)48-38(24-12-26-44(48)49-43)37-23-10-16-31-13-4-5-17-35(31)37/h1-30H/i27D,28D,29D,30D. The average Bonchev–Trinajstić information content (AvgIpc) is 3.60. The van der Waals surface area contributed by atoms with Crippen LogP contribution in [0.15, 0.2) is 186 Å². The van der Waals surface area contributed by atoms with Crippen LogP contribution in [0.5, 0.6) is 0 Å². The van der Waals surface area contributed by atoms with Gasteiger partial charge in [0.05, 0.1) is 5.48 Å². The quantitative estimate of drug-likeness (QED) is 0.177. The largest absolute Gasteiger partial charge is 0.456 e. The maximum atomic E-state index is 9.62. The highest BCUT2D eigenvalue weighted by molar-refractivity contribution is 6.22. The number of hydrogen-bond donors (Lipinski definition) is 0. The highest BCUT2D eigenvalue weighted by Gasteiger charge is 2.19. The van der Waals surface area contributed by atoms with E-state index in [1.165, 1.54) is 0 Å². The third kappa shape index (κ3) is 4.33. The van der Waals surface area contributed by atoms with Crippen molar-refractivity contribution in [3.8, 4) is 44.5 Å². The van der Waals surface area contributed by atoms with Crippen LogP contribution >= 0.6 is 0 Å². The van der Waals surface area contributed by atoms with Gasteiger partial charge in [0, 0.05) is 10.8 Å². The van der Waals surface area contributed by atoms with Crippen LogP contribution in [0.3, 0.4) is 0 Å². The SMILES string of the molecule is [2H]c1c([2H])c(-c2cccc3oc4cccc(-c5cccc6ccccc56)c4c23)c([2H])c([2H])c1-c1c2ccccc2c(-c2ccccc2)c2ccccc12. The second-order valence-electron chi connectivity index (χ2n) is 12.4. The second-order valence-corrected chi connectivity index (χ2v) is 12.4. The van der Waals surface area contributed by atoms with E-state index in [1.807, 2.05) is 97.1 Å². The summed E-state index contributed by atoms with van der Waals surface area (Å²) >= 11 is 0. The molecule has 0 unspecified atom stereocenters. The zero-order valence-corrected chi connectivity index (χ0v) is 26.4. The second kappa shape index (κ2) is 11.1. The summed E-state index contributed by atoms with van der Waals surface area (Å²) in [7, 11) is 0. The Morgan fingerprint density at radius 3 is 1.43 bits per heavy atom. The Morgan fingerprint density at radius 2 is 0.776 bits per heavy atom. The topological polar surface area (TPSA) is 13.1 Å². The maximum absolute atomic E-state index is 9.62. The molecule has 228 valence electrons. The van der Waals surface area contributed by atoms with E-state index in [1.54, 1.807) is 0 Å². The molecule has 0 aliphatic rings. The molecule has 1 heteroatoms. The van der Waals surface area contributed by atoms with E-state index in [2.05, 4.69) is 60.7 Å². The van der Waals surface area contributed by atoms with Gasteiger partial charge in [-0.05, 0) is 89.0 Å². The van der Waals surface area contributed by atoms with E-state index < -0.39 is 0 Å². The van der Waals surface area contributed by atoms with E-state index in [4.69, 9.17) is 4.42 Å². The van der Waals surface area contributed by atoms with Crippen molar-refractivity contribution in [3.63, 3.8) is 0 Å². The maximum Gasteiger partial charge on any atom is 0.136 e. The first-order chi connectivity index (χ1) is 26.0. The molecule has 1 nitrogen and oxygen atoms in total. The van der Waals surface area contributed by atoms with Gasteiger partial charge in [0.1, 0.15) is 11.2 Å². The van der Waals surface area contributed by atoms with Crippen molar-refractivity contribution in [1.82, 2.24) is 0 Å². The first-order valence-electron chi connectivity index (χ1n) is 18.5. The van der Waals surface area contributed by atoms with Crippen molar-refractivity contribution in [1.29, 1.82) is 0 Å². The van der Waals surface area contributed by atoms with Crippen LogP contribution < -0.4 is 0 Å². The molecule has 0 atom stereocenters. The smallest absolute Gasteiger partial charge is 0.136 e. The number of furan rings is 1. The molecule has 10 rings (SSSR count). The van der Waals surface area contributed by atoms with Gasteiger partial charge in [-0.2, -0.15) is 0 Å². The van der Waals surface area contributed by atoms with Crippen LogP contribution in [-0.4, -0.2) is 0 Å². The molecule has 49 heavy (non-hydrogen) atoms. The van der Waals surface area contributed by atoms with Crippen LogP contribution in [0.1, 0.15) is 5.48 Å². The Kier molecular flexibility index (Phi) is 5.38. The summed E-state index contributed by atoms with van der Waals surface area (Å²) in [6, 6.07) is 52.3. The van der Waals surface area contributed by atoms with Gasteiger partial charge >= 0.3 is 0 Å². The lowest BCUT2D eigenvalue weighted by Crippen LogP contribution is -1.90. The highest BCUT2D eigenvalue weighted by Crippen LogP contribution is 2.46. The predicted molar refractivity (Wildman–Crippen MR) is 208 cm³/mol. The summed E-state index contributed by atoms with van der Waals surface area (Å²) in [5.41, 5.74) is 7.35. The molecule has 0 aliphatic heterocycles. The molecule has 0 aliphatic carbocycles. The fourth-order valence-corrected chi connectivity index (χ4v) is 7.65. The molecule has 0 saturated heterocycles. The van der Waals surface area contributed by atoms with Gasteiger partial charge in [-0.1, -0.05) is 170 Å². The monoisotopic (exact) mass is 626 g/mol. The number of benzene rings is 9. The number of hydrogen-bond acceptors (Lipinski definition) is 1. The fourth-order valence-electron chi connectivity index (χ4n) is 7.65. The van der Waals surface area contributed by atoms with Crippen LogP contribution in [0.25, 0.3) is 98.8 Å². The van der Waals surface area contributed by atoms with Crippen molar-refractivity contribution < 1.29 is 9.90 Å². The van der Waals surface area contributed by atoms with Gasteiger partial charge in [0.25, 0.3) is 0 Å². The number of fused-ring (bicyclic) bond motifs is 6. The molecular formula is C48H30O. The molecule has 0 saturated carbocycles. The third-order valence-electron chi connectivity index (χ3n) is 9.74. The van der Waals surface area contributed by atoms with Crippen LogP contribution in [0, 0.1) is 0 Å². The first-order valence-corrected chi connectivity index (χ1v) is 16.5. The molecule has 0 bridgehead atoms. The summed E-state index contributed by atoms with van der Waals surface area (Å²) < 4.78 is 44.9. The predicted octanol–water partition coefficient (Wildman–Crippen LogP) is 13.7. The summed E-state index contributed by atoms with van der Waals surface area (Å²) in [5, 5.41) is 7.62. The molecule has 10 aromatic rings. The lowest BCUT2D eigenvalue weighted by molar-refractivity contribution is 0.669. The molecule has 0 fully saturated rings. The summed E-state index contributed by atoms with van der Waals surface area (Å²) in [6.07, 6.45) is 0. The van der Waals surface area contributed by atoms with Crippen LogP contribution in [-0.2, 0) is 0 Å². The lowest BCUT2D eigenvalue weighted by Gasteiger charge is -2.18. The van der Waals surface area contributed by atoms with Gasteiger partial charge in [-0.25, -0.2) is 0 Å². The summed E-state index contributed by atoms with van der Waals surface area (Å²) in [6.45, 7) is 0. The van der Waals surface area contributed by atoms with Crippen molar-refractivity contribution in [2.75, 3.05) is 0 Å². The molecule has 1 aromatic heterocycles. The summed E-state index contributed by atoms with van der Waals surface area (Å²) in [5.74, 6) is 0. The van der Waals surface area contributed by atoms with Gasteiger partial charge < -0.3 is 4.42 Å². The molecule has 0 radical (unpaired) electrons. The number of rotatable bonds is 4. The minimum atomic E-state index is -0.0919. The molecule has 0 N–H and O–H groups in total. The minimum Gasteiger partial charge on any atom is -0.456 e. The zero-order valence-electron chi connectivity index (χ0n) is 30.4. The minimum absolute atomic E-state index is 0.0807. The van der Waals surface area contributed by atoms with Crippen molar-refractivity contribution >= 4 is 54.3 Å². The van der Waals surface area contributed by atoms with Crippen LogP contribution in [0.2, 0.25) is 0 Å². The zero-order chi connectivity index (χ0) is 35.8. The van der Waals surface area contributed by atoms with Crippen molar-refractivity contribution in [3.05, 3.63) is 182 Å². The first kappa shape index (κ1) is 23.8. The molecule has 1 heterocycles. The van der Waals surface area contributed by atoms with Gasteiger partial charge in [-0.3, -0.25) is 0 Å². The normalized spacial score (nSPS) is 12.8. The van der Waals surface area contributed by atoms with E-state index in [-0.39, 0.29) is 35.3 Å². The Bertz CT molecular complexity index is 3020. The Balaban J connectivity index is 1.27. The van der Waals surface area contributed by atoms with E-state index in [9.17, 15) is 5.48 Å². The van der Waals surface area contributed by atoms with Crippen molar-refractivity contribution in [2.24, 2.45) is 0 Å². The van der Waals surface area contributed by atoms with Gasteiger partial charge in [0.15, 0.2) is 0 Å². The van der Waals surface area contributed by atoms with E-state index in [0.717, 1.165) is 65.3 Å². The van der Waals surface area contributed by atoms with E-state index in [0.29, 0.717) is 22.3 Å². The molecule has 9 aromatic carbocycles. The average molecular weight is 627 g/mol. The third-order valence-corrected chi connectivity index (χ3v) is 9.74. The lowest BCUT2D eigenvalue weighted by atomic mass is 9.85. The Hall–Kier alpha value is -6.44. The molecule has 0 amide bonds. The Labute approximate surface area is 289 Å². The van der Waals surface area contributed by atoms with E-state index >= 15 is 0 Å². The highest BCUT2D eigenvalue weighted by atomic mass is 16.3. The van der Waals surface area contributed by atoms with Crippen LogP contribution in [0.4, 0.5) is 0 Å². The van der Waals surface area contributed by atoms with Gasteiger partial charge in [0.2, 0.25) is 0 Å². The Morgan fingerprint density at radius 1 is 0.327 bits per heavy atom. The molecular weight excluding hydrogens is 593 g/mol. The van der Waals surface area contributed by atoms with Crippen molar-refractivity contribution in [2.45, 2.75) is 0 Å². The molecule has 0 spiro atoms. The summed E-state index contributed by atoms with van der Waals surface area (Å²) in [4.78, 5) is 0. The fraction of sp³-hybridized carbons (Fsp3) is 0. The van der Waals surface area contributed by atoms with Gasteiger partial charge in [-0.15, -0.1) is 0 Å².